The maximum absolute atomic E-state index is 13.7. The van der Waals surface area contributed by atoms with E-state index in [2.05, 4.69) is 15.2 Å². The summed E-state index contributed by atoms with van der Waals surface area (Å²) in [6, 6.07) is 5.99. The monoisotopic (exact) mass is 467 g/mol. The smallest absolute Gasteiger partial charge is 0.270 e. The molecule has 0 saturated carbocycles. The van der Waals surface area contributed by atoms with Gasteiger partial charge in [-0.2, -0.15) is 0 Å². The fourth-order valence-electron chi connectivity index (χ4n) is 4.78. The Bertz CT molecular complexity index is 1400. The number of amides is 1. The molecule has 5 rings (SSSR count). The van der Waals surface area contributed by atoms with E-state index in [1.165, 1.54) is 24.4 Å². The van der Waals surface area contributed by atoms with Crippen LogP contribution in [0, 0.1) is 11.6 Å². The van der Waals surface area contributed by atoms with Gasteiger partial charge in [0.2, 0.25) is 5.91 Å². The van der Waals surface area contributed by atoms with Crippen molar-refractivity contribution >= 4 is 23.1 Å². The fourth-order valence-corrected chi connectivity index (χ4v) is 4.78. The van der Waals surface area contributed by atoms with E-state index in [0.29, 0.717) is 37.1 Å². The number of rotatable bonds is 5. The Morgan fingerprint density at radius 3 is 2.71 bits per heavy atom. The maximum atomic E-state index is 13.7. The predicted molar refractivity (Wildman–Crippen MR) is 122 cm³/mol. The molecule has 4 heterocycles. The number of hydrogen-bond acceptors (Lipinski definition) is 5. The lowest BCUT2D eigenvalue weighted by Crippen LogP contribution is -2.46. The molecule has 34 heavy (non-hydrogen) atoms. The Hall–Kier alpha value is -3.66. The van der Waals surface area contributed by atoms with Crippen LogP contribution in [0.2, 0.25) is 0 Å². The zero-order valence-electron chi connectivity index (χ0n) is 18.3. The summed E-state index contributed by atoms with van der Waals surface area (Å²) in [5, 5.41) is 2.91. The first-order chi connectivity index (χ1) is 16.4. The van der Waals surface area contributed by atoms with E-state index >= 15 is 0 Å². The molecule has 0 spiro atoms. The van der Waals surface area contributed by atoms with Crippen molar-refractivity contribution in [2.45, 2.75) is 31.5 Å². The van der Waals surface area contributed by atoms with Crippen LogP contribution >= 0.6 is 0 Å². The lowest BCUT2D eigenvalue weighted by Gasteiger charge is -2.33. The van der Waals surface area contributed by atoms with E-state index in [0.717, 1.165) is 31.3 Å². The normalized spacial score (nSPS) is 18.7. The van der Waals surface area contributed by atoms with Crippen LogP contribution in [0.3, 0.4) is 0 Å². The highest BCUT2D eigenvalue weighted by Gasteiger charge is 2.29. The minimum absolute atomic E-state index is 0.0158. The van der Waals surface area contributed by atoms with Crippen molar-refractivity contribution in [1.29, 1.82) is 0 Å². The SMILES string of the molecule is O=C(C=Cc1cc(F)ccc1F)NC1CCN(CC2Cn3c(=O)ccc4ncc(=O)n2c43)CC1. The molecule has 0 aliphatic carbocycles. The predicted octanol–water partition coefficient (Wildman–Crippen LogP) is 1.69. The van der Waals surface area contributed by atoms with Crippen LogP contribution in [0.1, 0.15) is 24.4 Å². The van der Waals surface area contributed by atoms with Crippen molar-refractivity contribution in [3.63, 3.8) is 0 Å². The molecule has 8 nitrogen and oxygen atoms in total. The quantitative estimate of drug-likeness (QED) is 0.577. The Balaban J connectivity index is 1.18. The van der Waals surface area contributed by atoms with Crippen molar-refractivity contribution < 1.29 is 13.6 Å². The molecule has 3 aromatic rings. The summed E-state index contributed by atoms with van der Waals surface area (Å²) in [5.74, 6) is -1.53. The average molecular weight is 467 g/mol. The first-order valence-corrected chi connectivity index (χ1v) is 11.2. The van der Waals surface area contributed by atoms with Crippen molar-refractivity contribution in [2.24, 2.45) is 0 Å². The van der Waals surface area contributed by atoms with Crippen molar-refractivity contribution in [1.82, 2.24) is 24.3 Å². The summed E-state index contributed by atoms with van der Waals surface area (Å²) in [6.07, 6.45) is 5.19. The van der Waals surface area contributed by atoms with Gasteiger partial charge in [0.25, 0.3) is 11.1 Å². The third-order valence-electron chi connectivity index (χ3n) is 6.45. The lowest BCUT2D eigenvalue weighted by atomic mass is 10.0. The second-order valence-corrected chi connectivity index (χ2v) is 8.69. The van der Waals surface area contributed by atoms with Gasteiger partial charge in [-0.05, 0) is 43.2 Å². The Morgan fingerprint density at radius 1 is 1.12 bits per heavy atom. The standard InChI is InChI=1S/C24H23F2N5O3/c25-16-2-3-19(26)15(11-16)1-5-21(32)28-17-7-9-29(10-8-17)13-18-14-30-22(33)6-4-20-24(30)31(18)23(34)12-27-20/h1-6,11-12,17-18H,7-10,13-14H2,(H,28,32). The van der Waals surface area contributed by atoms with Gasteiger partial charge in [-0.3, -0.25) is 23.5 Å². The van der Waals surface area contributed by atoms with E-state index in [-0.39, 0.29) is 34.7 Å². The maximum Gasteiger partial charge on any atom is 0.270 e. The Labute approximate surface area is 193 Å². The van der Waals surface area contributed by atoms with E-state index in [1.54, 1.807) is 15.2 Å². The zero-order valence-corrected chi connectivity index (χ0v) is 18.3. The summed E-state index contributed by atoms with van der Waals surface area (Å²) in [5.41, 5.74) is 0.826. The molecule has 1 fully saturated rings. The first kappa shape index (κ1) is 22.1. The van der Waals surface area contributed by atoms with Crippen LogP contribution < -0.4 is 16.4 Å². The molecule has 2 aliphatic heterocycles. The number of hydrogen-bond donors (Lipinski definition) is 1. The van der Waals surface area contributed by atoms with Crippen LogP contribution in [0.25, 0.3) is 17.2 Å². The number of carbonyl (C=O) groups excluding carboxylic acids is 1. The number of benzene rings is 1. The van der Waals surface area contributed by atoms with E-state index in [1.807, 2.05) is 0 Å². The highest BCUT2D eigenvalue weighted by molar-refractivity contribution is 5.91. The van der Waals surface area contributed by atoms with Gasteiger partial charge in [0.05, 0.1) is 12.2 Å². The molecule has 10 heteroatoms. The highest BCUT2D eigenvalue weighted by atomic mass is 19.1. The third kappa shape index (κ3) is 4.28. The highest BCUT2D eigenvalue weighted by Crippen LogP contribution is 2.24. The minimum atomic E-state index is -0.597. The third-order valence-corrected chi connectivity index (χ3v) is 6.45. The summed E-state index contributed by atoms with van der Waals surface area (Å²) in [6.45, 7) is 2.48. The number of carbonyl (C=O) groups is 1. The van der Waals surface area contributed by atoms with E-state index < -0.39 is 11.6 Å². The molecule has 1 atom stereocenters. The largest absolute Gasteiger partial charge is 0.350 e. The first-order valence-electron chi connectivity index (χ1n) is 11.2. The number of piperidine rings is 1. The lowest BCUT2D eigenvalue weighted by molar-refractivity contribution is -0.117. The molecular weight excluding hydrogens is 444 g/mol. The van der Waals surface area contributed by atoms with Crippen LogP contribution in [-0.4, -0.2) is 50.6 Å². The van der Waals surface area contributed by atoms with Gasteiger partial charge in [-0.25, -0.2) is 13.8 Å². The number of pyridine rings is 1. The van der Waals surface area contributed by atoms with Crippen LogP contribution in [0.4, 0.5) is 8.78 Å². The molecule has 2 aromatic heterocycles. The number of nitrogens with one attached hydrogen (secondary N) is 1. The van der Waals surface area contributed by atoms with Crippen LogP contribution in [-0.2, 0) is 11.3 Å². The number of aromatic nitrogens is 3. The fraction of sp³-hybridized carbons (Fsp3) is 0.333. The summed E-state index contributed by atoms with van der Waals surface area (Å²) in [7, 11) is 0. The van der Waals surface area contributed by atoms with E-state index in [4.69, 9.17) is 0 Å². The number of likely N-dealkylation sites (tertiary alicyclic amines) is 1. The molecule has 0 radical (unpaired) electrons. The van der Waals surface area contributed by atoms with Gasteiger partial charge in [-0.1, -0.05) is 0 Å². The average Bonchev–Trinajstić information content (AvgIpc) is 3.21. The van der Waals surface area contributed by atoms with Gasteiger partial charge in [0.15, 0.2) is 0 Å². The van der Waals surface area contributed by atoms with Gasteiger partial charge in [-0.15, -0.1) is 0 Å². The topological polar surface area (TPSA) is 89.2 Å². The second kappa shape index (κ2) is 8.94. The van der Waals surface area contributed by atoms with E-state index in [9.17, 15) is 23.2 Å². The molecule has 0 bridgehead atoms. The molecule has 1 saturated heterocycles. The molecule has 2 aliphatic rings. The van der Waals surface area contributed by atoms with Gasteiger partial charge < -0.3 is 10.2 Å². The van der Waals surface area contributed by atoms with Crippen molar-refractivity contribution in [3.05, 3.63) is 80.5 Å². The van der Waals surface area contributed by atoms with Crippen molar-refractivity contribution in [2.75, 3.05) is 19.6 Å². The number of halogens is 2. The second-order valence-electron chi connectivity index (χ2n) is 8.69. The van der Waals surface area contributed by atoms with Gasteiger partial charge in [0, 0.05) is 49.9 Å². The summed E-state index contributed by atoms with van der Waals surface area (Å²) < 4.78 is 30.2. The molecule has 1 amide bonds. The van der Waals surface area contributed by atoms with Crippen LogP contribution in [0.15, 0.2) is 52.2 Å². The summed E-state index contributed by atoms with van der Waals surface area (Å²) >= 11 is 0. The van der Waals surface area contributed by atoms with Crippen molar-refractivity contribution in [3.8, 4) is 0 Å². The van der Waals surface area contributed by atoms with Gasteiger partial charge in [0.1, 0.15) is 22.8 Å². The molecule has 176 valence electrons. The molecule has 1 unspecified atom stereocenters. The Morgan fingerprint density at radius 2 is 1.91 bits per heavy atom. The molecule has 1 N–H and O–H groups in total. The van der Waals surface area contributed by atoms with Crippen LogP contribution in [0.5, 0.6) is 0 Å². The summed E-state index contributed by atoms with van der Waals surface area (Å²) in [4.78, 5) is 43.4. The number of nitrogens with zero attached hydrogens (tertiary/aromatic N) is 4. The minimum Gasteiger partial charge on any atom is -0.350 e. The Kier molecular flexibility index (Phi) is 5.82. The molecular formula is C24H23F2N5O3. The zero-order chi connectivity index (χ0) is 23.8. The molecule has 1 aromatic carbocycles. The van der Waals surface area contributed by atoms with Gasteiger partial charge >= 0.3 is 0 Å².